The van der Waals surface area contributed by atoms with E-state index >= 15 is 0 Å². The summed E-state index contributed by atoms with van der Waals surface area (Å²) in [6.07, 6.45) is 2.17. The SMILES string of the molecule is COc1c(CCO)cnn1-c1ccc(O)cc1. The Morgan fingerprint density at radius 1 is 1.29 bits per heavy atom. The Labute approximate surface area is 98.9 Å². The molecule has 0 unspecified atom stereocenters. The van der Waals surface area contributed by atoms with Gasteiger partial charge in [0.2, 0.25) is 5.88 Å². The second-order valence-corrected chi connectivity index (χ2v) is 3.58. The number of phenolic OH excluding ortho intramolecular Hbond substituents is 1. The maximum Gasteiger partial charge on any atom is 0.219 e. The molecule has 5 heteroatoms. The number of methoxy groups -OCH3 is 1. The zero-order chi connectivity index (χ0) is 12.3. The van der Waals surface area contributed by atoms with Crippen LogP contribution in [0.2, 0.25) is 0 Å². The predicted octanol–water partition coefficient (Wildman–Crippen LogP) is 1.12. The number of rotatable bonds is 4. The molecular weight excluding hydrogens is 220 g/mol. The first-order valence-corrected chi connectivity index (χ1v) is 5.27. The van der Waals surface area contributed by atoms with E-state index < -0.39 is 0 Å². The van der Waals surface area contributed by atoms with Gasteiger partial charge in [0.05, 0.1) is 19.0 Å². The first-order chi connectivity index (χ1) is 8.26. The van der Waals surface area contributed by atoms with E-state index in [9.17, 15) is 5.11 Å². The Morgan fingerprint density at radius 3 is 2.59 bits per heavy atom. The van der Waals surface area contributed by atoms with Crippen LogP contribution in [0.5, 0.6) is 11.6 Å². The molecule has 0 aliphatic heterocycles. The van der Waals surface area contributed by atoms with E-state index in [4.69, 9.17) is 9.84 Å². The van der Waals surface area contributed by atoms with Crippen molar-refractivity contribution in [1.82, 2.24) is 9.78 Å². The number of aromatic nitrogens is 2. The summed E-state index contributed by atoms with van der Waals surface area (Å²) in [5.41, 5.74) is 1.65. The zero-order valence-corrected chi connectivity index (χ0v) is 9.50. The van der Waals surface area contributed by atoms with Crippen molar-refractivity contribution in [1.29, 1.82) is 0 Å². The third-order valence-corrected chi connectivity index (χ3v) is 2.46. The van der Waals surface area contributed by atoms with Gasteiger partial charge in [0.25, 0.3) is 0 Å². The van der Waals surface area contributed by atoms with Crippen LogP contribution in [0.4, 0.5) is 0 Å². The van der Waals surface area contributed by atoms with Crippen molar-refractivity contribution < 1.29 is 14.9 Å². The molecule has 0 spiro atoms. The summed E-state index contributed by atoms with van der Waals surface area (Å²) < 4.78 is 6.91. The van der Waals surface area contributed by atoms with Crippen molar-refractivity contribution in [3.63, 3.8) is 0 Å². The number of aliphatic hydroxyl groups is 1. The van der Waals surface area contributed by atoms with Gasteiger partial charge in [0, 0.05) is 18.6 Å². The number of hydrogen-bond donors (Lipinski definition) is 2. The lowest BCUT2D eigenvalue weighted by Crippen LogP contribution is -2.01. The summed E-state index contributed by atoms with van der Waals surface area (Å²) in [4.78, 5) is 0. The van der Waals surface area contributed by atoms with Gasteiger partial charge in [-0.05, 0) is 24.3 Å². The van der Waals surface area contributed by atoms with Crippen LogP contribution in [-0.4, -0.2) is 33.7 Å². The van der Waals surface area contributed by atoms with Gasteiger partial charge in [0.15, 0.2) is 0 Å². The molecule has 0 aliphatic carbocycles. The maximum atomic E-state index is 9.23. The number of phenols is 1. The second kappa shape index (κ2) is 4.88. The molecule has 2 rings (SSSR count). The van der Waals surface area contributed by atoms with E-state index in [1.54, 1.807) is 42.3 Å². The molecule has 5 nitrogen and oxygen atoms in total. The number of benzene rings is 1. The van der Waals surface area contributed by atoms with Crippen LogP contribution >= 0.6 is 0 Å². The van der Waals surface area contributed by atoms with Crippen LogP contribution in [0, 0.1) is 0 Å². The molecule has 17 heavy (non-hydrogen) atoms. The van der Waals surface area contributed by atoms with Crippen LogP contribution in [0.25, 0.3) is 5.69 Å². The van der Waals surface area contributed by atoms with Crippen molar-refractivity contribution in [2.24, 2.45) is 0 Å². The topological polar surface area (TPSA) is 67.5 Å². The average molecular weight is 234 g/mol. The Morgan fingerprint density at radius 2 is 2.00 bits per heavy atom. The summed E-state index contributed by atoms with van der Waals surface area (Å²) in [7, 11) is 1.56. The summed E-state index contributed by atoms with van der Waals surface area (Å²) in [5, 5.41) is 22.4. The maximum absolute atomic E-state index is 9.23. The number of aromatic hydroxyl groups is 1. The summed E-state index contributed by atoms with van der Waals surface area (Å²) in [6.45, 7) is 0.0532. The van der Waals surface area contributed by atoms with Crippen molar-refractivity contribution in [2.75, 3.05) is 13.7 Å². The molecule has 0 amide bonds. The minimum atomic E-state index is 0.0532. The first kappa shape index (κ1) is 11.5. The lowest BCUT2D eigenvalue weighted by atomic mass is 10.2. The molecule has 0 aliphatic rings. The van der Waals surface area contributed by atoms with E-state index in [0.29, 0.717) is 12.3 Å². The standard InChI is InChI=1S/C12H14N2O3/c1-17-12-9(6-7-15)8-13-14(12)10-2-4-11(16)5-3-10/h2-5,8,15-16H,6-7H2,1H3. The average Bonchev–Trinajstić information content (AvgIpc) is 2.73. The minimum absolute atomic E-state index is 0.0532. The highest BCUT2D eigenvalue weighted by Gasteiger charge is 2.12. The van der Waals surface area contributed by atoms with Crippen molar-refractivity contribution in [2.45, 2.75) is 6.42 Å². The number of ether oxygens (including phenoxy) is 1. The Bertz CT molecular complexity index is 491. The number of aliphatic hydroxyl groups excluding tert-OH is 1. The Balaban J connectivity index is 2.41. The fourth-order valence-electron chi connectivity index (χ4n) is 1.66. The molecule has 2 N–H and O–H groups in total. The van der Waals surface area contributed by atoms with Crippen LogP contribution in [0.3, 0.4) is 0 Å². The lowest BCUT2D eigenvalue weighted by molar-refractivity contribution is 0.296. The third kappa shape index (κ3) is 2.24. The lowest BCUT2D eigenvalue weighted by Gasteiger charge is -2.07. The summed E-state index contributed by atoms with van der Waals surface area (Å²) in [6, 6.07) is 6.66. The molecule has 90 valence electrons. The highest BCUT2D eigenvalue weighted by atomic mass is 16.5. The largest absolute Gasteiger partial charge is 0.508 e. The van der Waals surface area contributed by atoms with E-state index in [1.165, 1.54) is 0 Å². The van der Waals surface area contributed by atoms with E-state index in [0.717, 1.165) is 11.3 Å². The van der Waals surface area contributed by atoms with Crippen LogP contribution in [0.15, 0.2) is 30.5 Å². The van der Waals surface area contributed by atoms with Gasteiger partial charge in [-0.3, -0.25) is 0 Å². The fourth-order valence-corrected chi connectivity index (χ4v) is 1.66. The highest BCUT2D eigenvalue weighted by molar-refractivity contribution is 5.41. The molecule has 0 atom stereocenters. The van der Waals surface area contributed by atoms with Gasteiger partial charge >= 0.3 is 0 Å². The van der Waals surface area contributed by atoms with Gasteiger partial charge in [-0.2, -0.15) is 5.10 Å². The monoisotopic (exact) mass is 234 g/mol. The summed E-state index contributed by atoms with van der Waals surface area (Å²) >= 11 is 0. The van der Waals surface area contributed by atoms with Gasteiger partial charge in [-0.15, -0.1) is 0 Å². The van der Waals surface area contributed by atoms with Gasteiger partial charge in [-0.25, -0.2) is 4.68 Å². The predicted molar refractivity (Wildman–Crippen MR) is 62.6 cm³/mol. The van der Waals surface area contributed by atoms with Crippen molar-refractivity contribution >= 4 is 0 Å². The van der Waals surface area contributed by atoms with Crippen LogP contribution in [-0.2, 0) is 6.42 Å². The van der Waals surface area contributed by atoms with Crippen molar-refractivity contribution in [3.8, 4) is 17.3 Å². The molecule has 0 fully saturated rings. The number of nitrogens with zero attached hydrogens (tertiary/aromatic N) is 2. The third-order valence-electron chi connectivity index (χ3n) is 2.46. The highest BCUT2D eigenvalue weighted by Crippen LogP contribution is 2.23. The number of hydrogen-bond acceptors (Lipinski definition) is 4. The molecule has 1 aromatic carbocycles. The fraction of sp³-hybridized carbons (Fsp3) is 0.250. The molecule has 0 bridgehead atoms. The second-order valence-electron chi connectivity index (χ2n) is 3.58. The van der Waals surface area contributed by atoms with E-state index in [-0.39, 0.29) is 12.4 Å². The molecule has 0 saturated carbocycles. The van der Waals surface area contributed by atoms with Gasteiger partial charge in [0.1, 0.15) is 5.75 Å². The van der Waals surface area contributed by atoms with E-state index in [2.05, 4.69) is 5.10 Å². The van der Waals surface area contributed by atoms with E-state index in [1.807, 2.05) is 0 Å². The quantitative estimate of drug-likeness (QED) is 0.832. The Hall–Kier alpha value is -2.01. The molecule has 1 aromatic heterocycles. The molecule has 0 radical (unpaired) electrons. The molecule has 1 heterocycles. The van der Waals surface area contributed by atoms with Crippen LogP contribution in [0.1, 0.15) is 5.56 Å². The summed E-state index contributed by atoms with van der Waals surface area (Å²) in [5.74, 6) is 0.806. The van der Waals surface area contributed by atoms with Crippen molar-refractivity contribution in [3.05, 3.63) is 36.0 Å². The molecule has 0 saturated heterocycles. The Kier molecular flexibility index (Phi) is 3.30. The first-order valence-electron chi connectivity index (χ1n) is 5.27. The van der Waals surface area contributed by atoms with Gasteiger partial charge < -0.3 is 14.9 Å². The molecule has 2 aromatic rings. The smallest absolute Gasteiger partial charge is 0.219 e. The zero-order valence-electron chi connectivity index (χ0n) is 9.50. The molecular formula is C12H14N2O3. The normalized spacial score (nSPS) is 10.5. The van der Waals surface area contributed by atoms with Crippen LogP contribution < -0.4 is 4.74 Å². The minimum Gasteiger partial charge on any atom is -0.508 e. The van der Waals surface area contributed by atoms with Gasteiger partial charge in [-0.1, -0.05) is 0 Å².